The maximum atomic E-state index is 12.0. The zero-order chi connectivity index (χ0) is 30.4. The molecule has 11 heteroatoms. The van der Waals surface area contributed by atoms with E-state index in [9.17, 15) is 18.3 Å². The Balaban J connectivity index is 1.24. The predicted molar refractivity (Wildman–Crippen MR) is 165 cm³/mol. The molecule has 0 aromatic heterocycles. The van der Waals surface area contributed by atoms with Crippen molar-refractivity contribution in [1.29, 1.82) is 0 Å². The number of carboxylic acids is 1. The number of hydrogen-bond donors (Lipinski definition) is 2. The lowest BCUT2D eigenvalue weighted by Crippen LogP contribution is -2.51. The Morgan fingerprint density at radius 3 is 2.81 bits per heavy atom. The van der Waals surface area contributed by atoms with Gasteiger partial charge in [0.25, 0.3) is 0 Å². The van der Waals surface area contributed by atoms with E-state index < -0.39 is 22.1 Å². The first-order valence-electron chi connectivity index (χ1n) is 15.3. The van der Waals surface area contributed by atoms with E-state index in [1.54, 1.807) is 25.1 Å². The Morgan fingerprint density at radius 2 is 2.07 bits per heavy atom. The van der Waals surface area contributed by atoms with Crippen molar-refractivity contribution in [3.63, 3.8) is 0 Å². The quantitative estimate of drug-likeness (QED) is 0.426. The number of nitrogens with zero attached hydrogens (tertiary/aromatic N) is 1. The first kappa shape index (κ1) is 30.6. The second kappa shape index (κ2) is 12.2. The average molecular weight is 633 g/mol. The van der Waals surface area contributed by atoms with E-state index in [0.29, 0.717) is 30.8 Å². The molecule has 2 heterocycles. The molecule has 1 saturated heterocycles. The van der Waals surface area contributed by atoms with Gasteiger partial charge in [-0.1, -0.05) is 17.7 Å². The summed E-state index contributed by atoms with van der Waals surface area (Å²) in [5, 5.41) is 15.8. The van der Waals surface area contributed by atoms with Crippen LogP contribution in [0.1, 0.15) is 66.9 Å². The molecular weight excluding hydrogens is 592 g/mol. The number of hydrogen-bond acceptors (Lipinski definition) is 7. The molecule has 1 saturated carbocycles. The number of aryl methyl sites for hydroxylation is 1. The van der Waals surface area contributed by atoms with Crippen LogP contribution in [-0.4, -0.2) is 69.9 Å². The highest BCUT2D eigenvalue weighted by molar-refractivity contribution is 7.89. The Morgan fingerprint density at radius 1 is 1.23 bits per heavy atom. The SMILES string of the molecule is C[C@@H](CS(N)(=O)=O)O[C@@H]1CCO[C@@H]([C@@H]2CC[C@H]2CN2CC3(CCCc4cc(Cl)ccc43)COc3ccc(C(=O)O)cc32)C1. The molecule has 2 fully saturated rings. The lowest BCUT2D eigenvalue weighted by atomic mass is 9.67. The minimum absolute atomic E-state index is 0.0266. The summed E-state index contributed by atoms with van der Waals surface area (Å²) in [7, 11) is -3.61. The molecule has 3 N–H and O–H groups in total. The molecular formula is C32H41ClN2O7S. The van der Waals surface area contributed by atoms with Gasteiger partial charge in [-0.25, -0.2) is 18.4 Å². The number of anilines is 1. The maximum Gasteiger partial charge on any atom is 0.335 e. The van der Waals surface area contributed by atoms with Gasteiger partial charge >= 0.3 is 5.97 Å². The number of benzene rings is 2. The Kier molecular flexibility index (Phi) is 8.69. The molecule has 1 spiro atoms. The molecule has 6 atom stereocenters. The second-order valence-corrected chi connectivity index (χ2v) is 15.0. The average Bonchev–Trinajstić information content (AvgIpc) is 3.07. The number of carbonyl (C=O) groups is 1. The zero-order valence-electron chi connectivity index (χ0n) is 24.5. The number of nitrogens with two attached hydrogens (primary N) is 1. The number of halogens is 1. The van der Waals surface area contributed by atoms with E-state index in [-0.39, 0.29) is 28.9 Å². The van der Waals surface area contributed by atoms with Crippen molar-refractivity contribution in [2.75, 3.05) is 37.0 Å². The molecule has 2 aromatic carbocycles. The molecule has 0 bridgehead atoms. The van der Waals surface area contributed by atoms with Gasteiger partial charge in [-0.2, -0.15) is 0 Å². The molecule has 0 amide bonds. The molecule has 43 heavy (non-hydrogen) atoms. The van der Waals surface area contributed by atoms with Crippen molar-refractivity contribution in [3.05, 3.63) is 58.1 Å². The third kappa shape index (κ3) is 6.68. The van der Waals surface area contributed by atoms with Crippen molar-refractivity contribution < 1.29 is 32.5 Å². The predicted octanol–water partition coefficient (Wildman–Crippen LogP) is 4.78. The summed E-state index contributed by atoms with van der Waals surface area (Å²) >= 11 is 6.39. The van der Waals surface area contributed by atoms with Crippen LogP contribution in [0.5, 0.6) is 5.75 Å². The van der Waals surface area contributed by atoms with Crippen LogP contribution in [0.15, 0.2) is 36.4 Å². The number of aromatic carboxylic acids is 1. The molecule has 0 radical (unpaired) electrons. The molecule has 2 aliphatic heterocycles. The van der Waals surface area contributed by atoms with Crippen molar-refractivity contribution in [2.45, 2.75) is 75.6 Å². The van der Waals surface area contributed by atoms with Crippen LogP contribution in [0, 0.1) is 11.8 Å². The van der Waals surface area contributed by atoms with Crippen LogP contribution in [0.25, 0.3) is 0 Å². The number of carboxylic acid groups (broad SMARTS) is 1. The molecule has 234 valence electrons. The minimum atomic E-state index is -3.61. The lowest BCUT2D eigenvalue weighted by Gasteiger charge is -2.48. The van der Waals surface area contributed by atoms with Gasteiger partial charge in [0, 0.05) is 36.6 Å². The number of sulfonamides is 1. The summed E-state index contributed by atoms with van der Waals surface area (Å²) in [4.78, 5) is 14.3. The van der Waals surface area contributed by atoms with Crippen LogP contribution in [0.3, 0.4) is 0 Å². The van der Waals surface area contributed by atoms with Crippen molar-refractivity contribution in [3.8, 4) is 5.75 Å². The normalized spacial score (nSPS) is 29.5. The van der Waals surface area contributed by atoms with Gasteiger partial charge in [-0.05, 0) is 98.7 Å². The van der Waals surface area contributed by atoms with E-state index in [0.717, 1.165) is 68.7 Å². The molecule has 2 aromatic rings. The standard InChI is InChI=1S/C32H41ClN2O7S/c1-20(17-43(34,38)39)42-25-10-12-40-30(15-25)26-7-4-23(26)16-35-18-32(11-2-3-21-13-24(33)6-8-27(21)32)19-41-29-9-5-22(31(36)37)14-28(29)35/h5-6,8-9,13-14,20,23,25-26,30H,2-4,7,10-12,15-19H2,1H3,(H,36,37)(H2,34,38,39)/t20-,23-,25+,26+,30+,32?/m0/s1. The lowest BCUT2D eigenvalue weighted by molar-refractivity contribution is -0.126. The van der Waals surface area contributed by atoms with Crippen molar-refractivity contribution in [1.82, 2.24) is 0 Å². The summed E-state index contributed by atoms with van der Waals surface area (Å²) in [5.74, 6) is 0.246. The van der Waals surface area contributed by atoms with Gasteiger partial charge in [-0.15, -0.1) is 0 Å². The number of ether oxygens (including phenoxy) is 3. The fourth-order valence-electron chi connectivity index (χ4n) is 7.75. The summed E-state index contributed by atoms with van der Waals surface area (Å²) in [6.07, 6.45) is 6.03. The summed E-state index contributed by atoms with van der Waals surface area (Å²) in [6, 6.07) is 11.4. The van der Waals surface area contributed by atoms with E-state index in [2.05, 4.69) is 17.0 Å². The van der Waals surface area contributed by atoms with Gasteiger partial charge in [0.05, 0.1) is 41.9 Å². The molecule has 2 aliphatic carbocycles. The topological polar surface area (TPSA) is 128 Å². The van der Waals surface area contributed by atoms with E-state index >= 15 is 0 Å². The molecule has 4 aliphatic rings. The van der Waals surface area contributed by atoms with Crippen molar-refractivity contribution in [2.24, 2.45) is 17.0 Å². The third-order valence-corrected chi connectivity index (χ3v) is 11.0. The first-order chi connectivity index (χ1) is 20.5. The van der Waals surface area contributed by atoms with Crippen LogP contribution >= 0.6 is 11.6 Å². The highest BCUT2D eigenvalue weighted by Gasteiger charge is 2.45. The fourth-order valence-corrected chi connectivity index (χ4v) is 8.68. The largest absolute Gasteiger partial charge is 0.490 e. The Labute approximate surface area is 258 Å². The summed E-state index contributed by atoms with van der Waals surface area (Å²) in [6.45, 7) is 4.34. The highest BCUT2D eigenvalue weighted by atomic mass is 35.5. The van der Waals surface area contributed by atoms with Crippen LogP contribution < -0.4 is 14.8 Å². The highest BCUT2D eigenvalue weighted by Crippen LogP contribution is 2.47. The Hall–Kier alpha value is -2.37. The summed E-state index contributed by atoms with van der Waals surface area (Å²) in [5.41, 5.74) is 3.37. The van der Waals surface area contributed by atoms with Crippen LogP contribution in [0.4, 0.5) is 5.69 Å². The van der Waals surface area contributed by atoms with Gasteiger partial charge in [0.2, 0.25) is 10.0 Å². The summed E-state index contributed by atoms with van der Waals surface area (Å²) < 4.78 is 41.9. The smallest absolute Gasteiger partial charge is 0.335 e. The maximum absolute atomic E-state index is 12.0. The number of primary sulfonamides is 1. The zero-order valence-corrected chi connectivity index (χ0v) is 26.1. The van der Waals surface area contributed by atoms with Crippen LogP contribution in [-0.2, 0) is 31.3 Å². The molecule has 1 unspecified atom stereocenters. The number of rotatable bonds is 8. The molecule has 6 rings (SSSR count). The van der Waals surface area contributed by atoms with Gasteiger partial charge in [0.1, 0.15) is 5.75 Å². The minimum Gasteiger partial charge on any atom is -0.490 e. The van der Waals surface area contributed by atoms with E-state index in [1.807, 2.05) is 6.07 Å². The Bertz CT molecular complexity index is 1470. The molecule has 9 nitrogen and oxygen atoms in total. The van der Waals surface area contributed by atoms with Crippen molar-refractivity contribution >= 4 is 33.3 Å². The van der Waals surface area contributed by atoms with Gasteiger partial charge in [0.15, 0.2) is 0 Å². The van der Waals surface area contributed by atoms with Gasteiger partial charge < -0.3 is 24.2 Å². The van der Waals surface area contributed by atoms with E-state index in [4.69, 9.17) is 31.0 Å². The van der Waals surface area contributed by atoms with E-state index in [1.165, 1.54) is 11.1 Å². The van der Waals surface area contributed by atoms with Gasteiger partial charge in [-0.3, -0.25) is 0 Å². The third-order valence-electron chi connectivity index (χ3n) is 9.85. The fraction of sp³-hybridized carbons (Fsp3) is 0.594. The first-order valence-corrected chi connectivity index (χ1v) is 17.4. The monoisotopic (exact) mass is 632 g/mol. The second-order valence-electron chi connectivity index (χ2n) is 12.9. The number of fused-ring (bicyclic) bond motifs is 3. The van der Waals surface area contributed by atoms with Crippen LogP contribution in [0.2, 0.25) is 5.02 Å².